The van der Waals surface area contributed by atoms with Crippen molar-refractivity contribution in [3.05, 3.63) is 34.2 Å². The van der Waals surface area contributed by atoms with Gasteiger partial charge in [-0.1, -0.05) is 20.3 Å². The fourth-order valence-corrected chi connectivity index (χ4v) is 4.28. The Morgan fingerprint density at radius 2 is 2.00 bits per heavy atom. The Morgan fingerprint density at radius 1 is 1.24 bits per heavy atom. The zero-order valence-electron chi connectivity index (χ0n) is 13.4. The molecule has 1 N–H and O–H groups in total. The molecule has 116 valence electrons. The first-order valence-electron chi connectivity index (χ1n) is 8.46. The number of H-pyrrole nitrogens is 1. The minimum absolute atomic E-state index is 0.0314. The Morgan fingerprint density at radius 3 is 2.67 bits per heavy atom. The number of aromatic amines is 1. The number of aromatic nitrogens is 1. The standard InChI is InChI=1S/C18H28N2O/c1-18(2)8-3-4-16(13-18)20-10-6-14(7-11-20)15-5-9-19-17(21)12-15/h5,9,12,14,16H,3-4,6-8,10-11,13H2,1-2H3,(H,19,21). The number of nitrogens with zero attached hydrogens (tertiary/aromatic N) is 1. The van der Waals surface area contributed by atoms with Crippen LogP contribution in [0.4, 0.5) is 0 Å². The van der Waals surface area contributed by atoms with Crippen LogP contribution >= 0.6 is 0 Å². The second-order valence-electron chi connectivity index (χ2n) is 7.71. The molecule has 0 aromatic carbocycles. The lowest BCUT2D eigenvalue weighted by molar-refractivity contribution is 0.0744. The molecule has 1 unspecified atom stereocenters. The highest BCUT2D eigenvalue weighted by Gasteiger charge is 2.33. The molecule has 3 heteroatoms. The van der Waals surface area contributed by atoms with Crippen LogP contribution in [0.5, 0.6) is 0 Å². The van der Waals surface area contributed by atoms with Crippen molar-refractivity contribution in [3.8, 4) is 0 Å². The summed E-state index contributed by atoms with van der Waals surface area (Å²) in [5, 5.41) is 0. The predicted octanol–water partition coefficient (Wildman–Crippen LogP) is 3.52. The van der Waals surface area contributed by atoms with Crippen molar-refractivity contribution < 1.29 is 0 Å². The van der Waals surface area contributed by atoms with Crippen molar-refractivity contribution in [2.24, 2.45) is 5.41 Å². The predicted molar refractivity (Wildman–Crippen MR) is 86.6 cm³/mol. The molecule has 1 saturated carbocycles. The van der Waals surface area contributed by atoms with Crippen LogP contribution < -0.4 is 5.56 Å². The molecule has 0 bridgehead atoms. The molecule has 21 heavy (non-hydrogen) atoms. The van der Waals surface area contributed by atoms with Crippen molar-refractivity contribution in [3.63, 3.8) is 0 Å². The maximum Gasteiger partial charge on any atom is 0.248 e. The molecular formula is C18H28N2O. The third-order valence-corrected chi connectivity index (χ3v) is 5.50. The van der Waals surface area contributed by atoms with E-state index in [1.165, 1.54) is 57.2 Å². The molecular weight excluding hydrogens is 260 g/mol. The normalized spacial score (nSPS) is 27.6. The first-order chi connectivity index (χ1) is 10.0. The van der Waals surface area contributed by atoms with Crippen LogP contribution in [0.2, 0.25) is 0 Å². The Labute approximate surface area is 127 Å². The van der Waals surface area contributed by atoms with Crippen LogP contribution in [0.3, 0.4) is 0 Å². The first kappa shape index (κ1) is 14.8. The maximum atomic E-state index is 11.5. The molecule has 1 aromatic rings. The lowest BCUT2D eigenvalue weighted by Crippen LogP contribution is -2.44. The van der Waals surface area contributed by atoms with Crippen molar-refractivity contribution in [1.82, 2.24) is 9.88 Å². The molecule has 1 aromatic heterocycles. The summed E-state index contributed by atoms with van der Waals surface area (Å²) in [5.41, 5.74) is 1.78. The third-order valence-electron chi connectivity index (χ3n) is 5.50. The Bertz CT molecular complexity index is 526. The van der Waals surface area contributed by atoms with Crippen molar-refractivity contribution >= 4 is 0 Å². The van der Waals surface area contributed by atoms with Crippen LogP contribution in [0.15, 0.2) is 23.1 Å². The SMILES string of the molecule is CC1(C)CCCC(N2CCC(c3cc[nH]c(=O)c3)CC2)C1. The first-order valence-corrected chi connectivity index (χ1v) is 8.46. The van der Waals surface area contributed by atoms with E-state index >= 15 is 0 Å². The van der Waals surface area contributed by atoms with Gasteiger partial charge in [-0.25, -0.2) is 0 Å². The van der Waals surface area contributed by atoms with E-state index in [1.54, 1.807) is 12.3 Å². The number of piperidine rings is 1. The zero-order valence-corrected chi connectivity index (χ0v) is 13.4. The molecule has 1 aliphatic heterocycles. The third kappa shape index (κ3) is 3.57. The van der Waals surface area contributed by atoms with Gasteiger partial charge in [0.25, 0.3) is 0 Å². The quantitative estimate of drug-likeness (QED) is 0.904. The van der Waals surface area contributed by atoms with E-state index in [1.807, 2.05) is 0 Å². The maximum absolute atomic E-state index is 11.5. The van der Waals surface area contributed by atoms with E-state index in [0.717, 1.165) is 6.04 Å². The van der Waals surface area contributed by atoms with Gasteiger partial charge in [-0.3, -0.25) is 4.79 Å². The summed E-state index contributed by atoms with van der Waals surface area (Å²) in [4.78, 5) is 16.9. The lowest BCUT2D eigenvalue weighted by Gasteiger charge is -2.44. The summed E-state index contributed by atoms with van der Waals surface area (Å²) in [5.74, 6) is 0.570. The second kappa shape index (κ2) is 5.96. The van der Waals surface area contributed by atoms with Crippen LogP contribution in [-0.4, -0.2) is 29.0 Å². The fraction of sp³-hybridized carbons (Fsp3) is 0.722. The highest BCUT2D eigenvalue weighted by atomic mass is 16.1. The summed E-state index contributed by atoms with van der Waals surface area (Å²) >= 11 is 0. The van der Waals surface area contributed by atoms with Crippen LogP contribution in [0.1, 0.15) is 63.9 Å². The van der Waals surface area contributed by atoms with Crippen molar-refractivity contribution in [1.29, 1.82) is 0 Å². The van der Waals surface area contributed by atoms with Gasteiger partial charge in [0.15, 0.2) is 0 Å². The average molecular weight is 288 g/mol. The van der Waals surface area contributed by atoms with E-state index in [-0.39, 0.29) is 5.56 Å². The van der Waals surface area contributed by atoms with Gasteiger partial charge in [-0.05, 0) is 68.2 Å². The topological polar surface area (TPSA) is 36.1 Å². The molecule has 2 heterocycles. The largest absolute Gasteiger partial charge is 0.329 e. The lowest BCUT2D eigenvalue weighted by atomic mass is 9.74. The monoisotopic (exact) mass is 288 g/mol. The van der Waals surface area contributed by atoms with Gasteiger partial charge in [0.2, 0.25) is 5.56 Å². The van der Waals surface area contributed by atoms with Gasteiger partial charge in [0, 0.05) is 18.3 Å². The molecule has 3 rings (SSSR count). The number of hydrogen-bond acceptors (Lipinski definition) is 2. The number of likely N-dealkylation sites (tertiary alicyclic amines) is 1. The Balaban J connectivity index is 1.59. The molecule has 1 saturated heterocycles. The fourth-order valence-electron chi connectivity index (χ4n) is 4.28. The van der Waals surface area contributed by atoms with Crippen molar-refractivity contribution in [2.75, 3.05) is 13.1 Å². The summed E-state index contributed by atoms with van der Waals surface area (Å²) in [6.45, 7) is 7.22. The van der Waals surface area contributed by atoms with Gasteiger partial charge < -0.3 is 9.88 Å². The highest BCUT2D eigenvalue weighted by Crippen LogP contribution is 2.39. The molecule has 0 radical (unpaired) electrons. The molecule has 2 aliphatic rings. The van der Waals surface area contributed by atoms with E-state index in [4.69, 9.17) is 0 Å². The van der Waals surface area contributed by atoms with Gasteiger partial charge >= 0.3 is 0 Å². The van der Waals surface area contributed by atoms with Crippen LogP contribution in [-0.2, 0) is 0 Å². The second-order valence-corrected chi connectivity index (χ2v) is 7.71. The molecule has 1 atom stereocenters. The molecule has 2 fully saturated rings. The highest BCUT2D eigenvalue weighted by molar-refractivity contribution is 5.16. The van der Waals surface area contributed by atoms with E-state index in [2.05, 4.69) is 29.8 Å². The van der Waals surface area contributed by atoms with E-state index < -0.39 is 0 Å². The minimum Gasteiger partial charge on any atom is -0.329 e. The average Bonchev–Trinajstić information content (AvgIpc) is 2.46. The van der Waals surface area contributed by atoms with Gasteiger partial charge in [-0.2, -0.15) is 0 Å². The molecule has 1 aliphatic carbocycles. The molecule has 0 amide bonds. The zero-order chi connectivity index (χ0) is 14.9. The summed E-state index contributed by atoms with van der Waals surface area (Å²) < 4.78 is 0. The van der Waals surface area contributed by atoms with Gasteiger partial charge in [-0.15, -0.1) is 0 Å². The smallest absolute Gasteiger partial charge is 0.248 e. The number of nitrogens with one attached hydrogen (secondary N) is 1. The summed E-state index contributed by atoms with van der Waals surface area (Å²) in [6, 6.07) is 4.64. The number of rotatable bonds is 2. The summed E-state index contributed by atoms with van der Waals surface area (Å²) in [6.07, 6.45) is 9.66. The van der Waals surface area contributed by atoms with Gasteiger partial charge in [0.1, 0.15) is 0 Å². The number of hydrogen-bond donors (Lipinski definition) is 1. The Kier molecular flexibility index (Phi) is 4.21. The minimum atomic E-state index is 0.0314. The number of pyridine rings is 1. The summed E-state index contributed by atoms with van der Waals surface area (Å²) in [7, 11) is 0. The van der Waals surface area contributed by atoms with Crippen molar-refractivity contribution in [2.45, 2.75) is 64.3 Å². The molecule has 0 spiro atoms. The Hall–Kier alpha value is -1.09. The van der Waals surface area contributed by atoms with Gasteiger partial charge in [0.05, 0.1) is 0 Å². The molecule has 3 nitrogen and oxygen atoms in total. The van der Waals surface area contributed by atoms with E-state index in [9.17, 15) is 4.79 Å². The van der Waals surface area contributed by atoms with E-state index in [0.29, 0.717) is 11.3 Å². The van der Waals surface area contributed by atoms with Crippen LogP contribution in [0.25, 0.3) is 0 Å². The van der Waals surface area contributed by atoms with Crippen LogP contribution in [0, 0.1) is 5.41 Å².